The molecule has 5 heteroatoms. The van der Waals surface area contributed by atoms with Gasteiger partial charge in [-0.1, -0.05) is 69.3 Å². The Morgan fingerprint density at radius 1 is 0.939 bits per heavy atom. The number of likely N-dealkylation sites (N-methyl/N-ethyl adjacent to an activating group) is 1. The molecule has 5 nitrogen and oxygen atoms in total. The monoisotopic (exact) mass is 450 g/mol. The molecule has 2 aromatic carbocycles. The summed E-state index contributed by atoms with van der Waals surface area (Å²) in [5, 5.41) is 0. The Labute approximate surface area is 200 Å². The fourth-order valence-electron chi connectivity index (χ4n) is 4.84. The molecule has 2 atom stereocenters. The Hall–Kier alpha value is -2.21. The molecule has 1 amide bonds. The molecule has 0 aliphatic carbocycles. The van der Waals surface area contributed by atoms with Crippen LogP contribution in [0.2, 0.25) is 0 Å². The number of carbonyl (C=O) groups excluding carboxylic acids is 1. The van der Waals surface area contributed by atoms with Crippen molar-refractivity contribution in [1.82, 2.24) is 14.7 Å². The lowest BCUT2D eigenvalue weighted by molar-refractivity contribution is -0.134. The molecule has 2 N–H and O–H groups in total. The predicted molar refractivity (Wildman–Crippen MR) is 137 cm³/mol. The lowest BCUT2D eigenvalue weighted by Gasteiger charge is -2.42. The summed E-state index contributed by atoms with van der Waals surface area (Å²) in [6, 6.07) is 17.1. The maximum atomic E-state index is 13.1. The van der Waals surface area contributed by atoms with Gasteiger partial charge in [-0.25, -0.2) is 0 Å². The fourth-order valence-corrected chi connectivity index (χ4v) is 4.84. The molecule has 1 aliphatic rings. The Bertz CT molecular complexity index is 870. The van der Waals surface area contributed by atoms with Gasteiger partial charge in [-0.3, -0.25) is 9.69 Å². The summed E-state index contributed by atoms with van der Waals surface area (Å²) in [4.78, 5) is 20.1. The summed E-state index contributed by atoms with van der Waals surface area (Å²) < 4.78 is 0. The summed E-state index contributed by atoms with van der Waals surface area (Å²) in [5.41, 5.74) is 11.5. The van der Waals surface area contributed by atoms with E-state index in [1.165, 1.54) is 16.7 Å². The standard InChI is InChI=1S/C28H42N4O/c1-5-23-12-14-24(15-13-23)20-26(29)28(33)32-18-16-31(17-19-32)27(21-30(6-2)7-3)25-11-9-8-10-22(25)4/h8-15,26-27H,5-7,16-21,29H2,1-4H3/t26-,27?/m1/s1. The number of hydrogen-bond acceptors (Lipinski definition) is 4. The van der Waals surface area contributed by atoms with E-state index in [1.54, 1.807) is 0 Å². The van der Waals surface area contributed by atoms with Gasteiger partial charge in [0.15, 0.2) is 0 Å². The summed E-state index contributed by atoms with van der Waals surface area (Å²) in [7, 11) is 0. The SMILES string of the molecule is CCc1ccc(C[C@@H](N)C(=O)N2CCN(C(CN(CC)CC)c3ccccc3C)CC2)cc1. The fraction of sp³-hybridized carbons (Fsp3) is 0.536. The summed E-state index contributed by atoms with van der Waals surface area (Å²) in [6.45, 7) is 15.2. The predicted octanol–water partition coefficient (Wildman–Crippen LogP) is 3.65. The molecule has 0 aromatic heterocycles. The van der Waals surface area contributed by atoms with Crippen LogP contribution < -0.4 is 5.73 Å². The molecule has 1 fully saturated rings. The molecular weight excluding hydrogens is 408 g/mol. The molecule has 2 aromatic rings. The highest BCUT2D eigenvalue weighted by molar-refractivity contribution is 5.82. The summed E-state index contributed by atoms with van der Waals surface area (Å²) >= 11 is 0. The van der Waals surface area contributed by atoms with E-state index in [2.05, 4.69) is 86.0 Å². The van der Waals surface area contributed by atoms with Gasteiger partial charge in [0.05, 0.1) is 6.04 Å². The second kappa shape index (κ2) is 12.3. The Balaban J connectivity index is 1.62. The number of benzene rings is 2. The summed E-state index contributed by atoms with van der Waals surface area (Å²) in [5.74, 6) is 0.0744. The normalized spacial score (nSPS) is 16.7. The average Bonchev–Trinajstić information content (AvgIpc) is 2.85. The van der Waals surface area contributed by atoms with E-state index in [1.807, 2.05) is 4.90 Å². The van der Waals surface area contributed by atoms with Gasteiger partial charge < -0.3 is 15.5 Å². The van der Waals surface area contributed by atoms with Crippen molar-refractivity contribution < 1.29 is 4.79 Å². The van der Waals surface area contributed by atoms with Gasteiger partial charge in [0.25, 0.3) is 0 Å². The molecule has 180 valence electrons. The first-order valence-electron chi connectivity index (χ1n) is 12.6. The number of aryl methyl sites for hydroxylation is 2. The van der Waals surface area contributed by atoms with E-state index >= 15 is 0 Å². The Kier molecular flexibility index (Phi) is 9.48. The highest BCUT2D eigenvalue weighted by Gasteiger charge is 2.30. The molecular formula is C28H42N4O. The smallest absolute Gasteiger partial charge is 0.239 e. The molecule has 1 aliphatic heterocycles. The van der Waals surface area contributed by atoms with E-state index in [4.69, 9.17) is 5.73 Å². The molecule has 0 saturated carbocycles. The number of amides is 1. The van der Waals surface area contributed by atoms with Gasteiger partial charge in [0, 0.05) is 38.8 Å². The van der Waals surface area contributed by atoms with E-state index in [0.29, 0.717) is 12.5 Å². The largest absolute Gasteiger partial charge is 0.339 e. The van der Waals surface area contributed by atoms with Crippen LogP contribution >= 0.6 is 0 Å². The first-order valence-corrected chi connectivity index (χ1v) is 12.6. The highest BCUT2D eigenvalue weighted by atomic mass is 16.2. The third-order valence-corrected chi connectivity index (χ3v) is 7.14. The second-order valence-corrected chi connectivity index (χ2v) is 9.20. The van der Waals surface area contributed by atoms with Crippen molar-refractivity contribution in [2.24, 2.45) is 5.73 Å². The molecule has 1 heterocycles. The minimum Gasteiger partial charge on any atom is -0.339 e. The van der Waals surface area contributed by atoms with Gasteiger partial charge in [-0.05, 0) is 55.1 Å². The van der Waals surface area contributed by atoms with Crippen molar-refractivity contribution in [2.75, 3.05) is 45.8 Å². The van der Waals surface area contributed by atoms with Crippen molar-refractivity contribution in [3.63, 3.8) is 0 Å². The Morgan fingerprint density at radius 2 is 1.55 bits per heavy atom. The Morgan fingerprint density at radius 3 is 2.12 bits per heavy atom. The van der Waals surface area contributed by atoms with Crippen molar-refractivity contribution >= 4 is 5.91 Å². The van der Waals surface area contributed by atoms with E-state index in [0.717, 1.165) is 57.8 Å². The summed E-state index contributed by atoms with van der Waals surface area (Å²) in [6.07, 6.45) is 1.62. The maximum Gasteiger partial charge on any atom is 0.239 e. The van der Waals surface area contributed by atoms with Crippen molar-refractivity contribution in [3.8, 4) is 0 Å². The zero-order valence-corrected chi connectivity index (χ0v) is 21.0. The topological polar surface area (TPSA) is 52.8 Å². The van der Waals surface area contributed by atoms with Gasteiger partial charge in [0.2, 0.25) is 5.91 Å². The van der Waals surface area contributed by atoms with Crippen LogP contribution in [0.3, 0.4) is 0 Å². The van der Waals surface area contributed by atoms with Crippen LogP contribution in [0.15, 0.2) is 48.5 Å². The van der Waals surface area contributed by atoms with Gasteiger partial charge in [-0.2, -0.15) is 0 Å². The zero-order chi connectivity index (χ0) is 23.8. The molecule has 0 bridgehead atoms. The lowest BCUT2D eigenvalue weighted by Crippen LogP contribution is -2.55. The number of piperazine rings is 1. The number of nitrogens with two attached hydrogens (primary N) is 1. The average molecular weight is 451 g/mol. The molecule has 3 rings (SSSR count). The lowest BCUT2D eigenvalue weighted by atomic mass is 9.98. The third-order valence-electron chi connectivity index (χ3n) is 7.14. The molecule has 0 spiro atoms. The minimum absolute atomic E-state index is 0.0744. The van der Waals surface area contributed by atoms with Crippen LogP contribution in [0.4, 0.5) is 0 Å². The van der Waals surface area contributed by atoms with Crippen molar-refractivity contribution in [3.05, 3.63) is 70.8 Å². The van der Waals surface area contributed by atoms with E-state index in [-0.39, 0.29) is 5.91 Å². The van der Waals surface area contributed by atoms with Crippen molar-refractivity contribution in [1.29, 1.82) is 0 Å². The van der Waals surface area contributed by atoms with Crippen LogP contribution in [0.1, 0.15) is 49.1 Å². The molecule has 0 radical (unpaired) electrons. The third kappa shape index (κ3) is 6.66. The van der Waals surface area contributed by atoms with Crippen LogP contribution in [-0.4, -0.2) is 72.5 Å². The van der Waals surface area contributed by atoms with Gasteiger partial charge in [0.1, 0.15) is 0 Å². The van der Waals surface area contributed by atoms with E-state index < -0.39 is 6.04 Å². The number of nitrogens with zero attached hydrogens (tertiary/aromatic N) is 3. The number of hydrogen-bond donors (Lipinski definition) is 1. The van der Waals surface area contributed by atoms with Gasteiger partial charge >= 0.3 is 0 Å². The highest BCUT2D eigenvalue weighted by Crippen LogP contribution is 2.26. The maximum absolute atomic E-state index is 13.1. The second-order valence-electron chi connectivity index (χ2n) is 9.20. The molecule has 33 heavy (non-hydrogen) atoms. The first kappa shape index (κ1) is 25.4. The quantitative estimate of drug-likeness (QED) is 0.600. The number of rotatable bonds is 10. The van der Waals surface area contributed by atoms with E-state index in [9.17, 15) is 4.79 Å². The van der Waals surface area contributed by atoms with Crippen LogP contribution in [0.5, 0.6) is 0 Å². The van der Waals surface area contributed by atoms with Crippen molar-refractivity contribution in [2.45, 2.75) is 52.6 Å². The van der Waals surface area contributed by atoms with Gasteiger partial charge in [-0.15, -0.1) is 0 Å². The molecule has 1 unspecified atom stereocenters. The van der Waals surface area contributed by atoms with Crippen LogP contribution in [0.25, 0.3) is 0 Å². The van der Waals surface area contributed by atoms with Crippen LogP contribution in [-0.2, 0) is 17.6 Å². The zero-order valence-electron chi connectivity index (χ0n) is 21.0. The van der Waals surface area contributed by atoms with Crippen LogP contribution in [0, 0.1) is 6.92 Å². The minimum atomic E-state index is -0.480. The first-order chi connectivity index (χ1) is 16.0. The molecule has 1 saturated heterocycles. The number of carbonyl (C=O) groups is 1.